The van der Waals surface area contributed by atoms with Crippen molar-refractivity contribution < 1.29 is 9.50 Å². The molecule has 0 saturated carbocycles. The van der Waals surface area contributed by atoms with Crippen molar-refractivity contribution in [1.82, 2.24) is 4.98 Å². The van der Waals surface area contributed by atoms with E-state index in [2.05, 4.69) is 36.8 Å². The van der Waals surface area contributed by atoms with Crippen LogP contribution in [0.5, 0.6) is 0 Å². The first-order valence-corrected chi connectivity index (χ1v) is 6.42. The summed E-state index contributed by atoms with van der Waals surface area (Å²) in [4.78, 5) is 4.05. The first-order valence-electron chi connectivity index (χ1n) is 4.83. The van der Waals surface area contributed by atoms with E-state index in [1.807, 2.05) is 0 Å². The van der Waals surface area contributed by atoms with E-state index >= 15 is 0 Å². The van der Waals surface area contributed by atoms with Gasteiger partial charge in [-0.3, -0.25) is 4.98 Å². The van der Waals surface area contributed by atoms with Crippen LogP contribution >= 0.6 is 31.9 Å². The summed E-state index contributed by atoms with van der Waals surface area (Å²) in [6, 6.07) is 8.27. The van der Waals surface area contributed by atoms with Crippen LogP contribution in [0.15, 0.2) is 45.5 Å². The number of aliphatic hydroxyl groups is 1. The second kappa shape index (κ2) is 5.25. The van der Waals surface area contributed by atoms with Gasteiger partial charge in [-0.25, -0.2) is 4.39 Å². The number of rotatable bonds is 2. The largest absolute Gasteiger partial charge is 0.382 e. The summed E-state index contributed by atoms with van der Waals surface area (Å²) < 4.78 is 14.8. The number of halogens is 3. The molecule has 0 aliphatic carbocycles. The van der Waals surface area contributed by atoms with E-state index < -0.39 is 11.9 Å². The maximum Gasteiger partial charge on any atom is 0.143 e. The molecule has 1 aromatic carbocycles. The number of hydrogen-bond acceptors (Lipinski definition) is 2. The minimum Gasteiger partial charge on any atom is -0.382 e. The molecular formula is C12H8Br2FNO. The topological polar surface area (TPSA) is 33.1 Å². The summed E-state index contributed by atoms with van der Waals surface area (Å²) in [5, 5.41) is 10.1. The van der Waals surface area contributed by atoms with Crippen LogP contribution in [0.1, 0.15) is 17.4 Å². The highest BCUT2D eigenvalue weighted by atomic mass is 79.9. The third-order valence-electron chi connectivity index (χ3n) is 2.32. The highest BCUT2D eigenvalue weighted by Gasteiger charge is 2.19. The van der Waals surface area contributed by atoms with Crippen molar-refractivity contribution in [1.29, 1.82) is 0 Å². The van der Waals surface area contributed by atoms with Gasteiger partial charge >= 0.3 is 0 Å². The third kappa shape index (κ3) is 2.56. The predicted molar refractivity (Wildman–Crippen MR) is 70.1 cm³/mol. The molecule has 1 unspecified atom stereocenters. The molecular weight excluding hydrogens is 353 g/mol. The van der Waals surface area contributed by atoms with Crippen LogP contribution in [0.2, 0.25) is 0 Å². The van der Waals surface area contributed by atoms with Crippen LogP contribution in [-0.4, -0.2) is 10.1 Å². The number of benzene rings is 1. The lowest BCUT2D eigenvalue weighted by Crippen LogP contribution is -2.05. The van der Waals surface area contributed by atoms with Gasteiger partial charge in [-0.05, 0) is 50.1 Å². The van der Waals surface area contributed by atoms with E-state index in [1.54, 1.807) is 30.5 Å². The maximum atomic E-state index is 13.8. The van der Waals surface area contributed by atoms with Crippen LogP contribution in [0.3, 0.4) is 0 Å². The molecule has 2 aromatic rings. The molecule has 0 fully saturated rings. The number of hydrogen-bond donors (Lipinski definition) is 1. The maximum absolute atomic E-state index is 13.8. The Hall–Kier alpha value is -0.780. The fourth-order valence-electron chi connectivity index (χ4n) is 1.48. The van der Waals surface area contributed by atoms with Gasteiger partial charge in [0.05, 0.1) is 10.2 Å². The van der Waals surface area contributed by atoms with Crippen LogP contribution in [-0.2, 0) is 0 Å². The normalized spacial score (nSPS) is 12.5. The zero-order valence-electron chi connectivity index (χ0n) is 8.57. The second-order valence-corrected chi connectivity index (χ2v) is 5.12. The van der Waals surface area contributed by atoms with Crippen molar-refractivity contribution in [2.45, 2.75) is 6.10 Å². The molecule has 0 aliphatic rings. The minimum absolute atomic E-state index is 0.193. The van der Waals surface area contributed by atoms with Crippen molar-refractivity contribution in [3.63, 3.8) is 0 Å². The molecule has 2 nitrogen and oxygen atoms in total. The molecule has 0 bridgehead atoms. The monoisotopic (exact) mass is 359 g/mol. The average Bonchev–Trinajstić information content (AvgIpc) is 2.32. The molecule has 0 radical (unpaired) electrons. The number of aromatic nitrogens is 1. The summed E-state index contributed by atoms with van der Waals surface area (Å²) in [5.74, 6) is -0.474. The van der Waals surface area contributed by atoms with Gasteiger partial charge in [-0.2, -0.15) is 0 Å². The number of nitrogens with zero attached hydrogens (tertiary/aromatic N) is 1. The lowest BCUT2D eigenvalue weighted by Gasteiger charge is -2.13. The zero-order chi connectivity index (χ0) is 12.4. The van der Waals surface area contributed by atoms with Crippen LogP contribution in [0.25, 0.3) is 0 Å². The van der Waals surface area contributed by atoms with Crippen LogP contribution in [0, 0.1) is 5.82 Å². The Morgan fingerprint density at radius 1 is 1.12 bits per heavy atom. The van der Waals surface area contributed by atoms with E-state index in [4.69, 9.17) is 0 Å². The Balaban J connectivity index is 2.48. The van der Waals surface area contributed by atoms with Gasteiger partial charge in [-0.15, -0.1) is 0 Å². The smallest absolute Gasteiger partial charge is 0.143 e. The molecule has 88 valence electrons. The Morgan fingerprint density at radius 2 is 1.82 bits per heavy atom. The molecule has 0 amide bonds. The third-order valence-corrected chi connectivity index (χ3v) is 3.61. The van der Waals surface area contributed by atoms with Gasteiger partial charge in [-0.1, -0.05) is 12.1 Å². The molecule has 0 aliphatic heterocycles. The summed E-state index contributed by atoms with van der Waals surface area (Å²) in [7, 11) is 0. The van der Waals surface area contributed by atoms with Crippen LogP contribution in [0.4, 0.5) is 4.39 Å². The van der Waals surface area contributed by atoms with E-state index in [0.717, 1.165) is 0 Å². The quantitative estimate of drug-likeness (QED) is 0.882. The minimum atomic E-state index is -1.09. The van der Waals surface area contributed by atoms with E-state index in [0.29, 0.717) is 14.6 Å². The number of pyridine rings is 1. The molecule has 17 heavy (non-hydrogen) atoms. The Kier molecular flexibility index (Phi) is 3.91. The van der Waals surface area contributed by atoms with Crippen LogP contribution < -0.4 is 0 Å². The molecule has 2 rings (SSSR count). The summed E-state index contributed by atoms with van der Waals surface area (Å²) in [5.41, 5.74) is 0.586. The first kappa shape index (κ1) is 12.7. The average molecular weight is 361 g/mol. The SMILES string of the molecule is OC(c1cccc(Br)c1F)c1ncccc1Br. The second-order valence-electron chi connectivity index (χ2n) is 3.42. The van der Waals surface area contributed by atoms with Gasteiger partial charge < -0.3 is 5.11 Å². The highest BCUT2D eigenvalue weighted by Crippen LogP contribution is 2.30. The summed E-state index contributed by atoms with van der Waals surface area (Å²) in [6.07, 6.45) is 0.460. The standard InChI is InChI=1S/C12H8Br2FNO/c13-8-4-1-3-7(10(8)15)12(17)11-9(14)5-2-6-16-11/h1-6,12,17H. The van der Waals surface area contributed by atoms with Gasteiger partial charge in [0, 0.05) is 16.2 Å². The van der Waals surface area contributed by atoms with Gasteiger partial charge in [0.15, 0.2) is 0 Å². The molecule has 0 saturated heterocycles. The predicted octanol–water partition coefficient (Wildman–Crippen LogP) is 3.83. The summed E-state index contributed by atoms with van der Waals surface area (Å²) in [6.45, 7) is 0. The zero-order valence-corrected chi connectivity index (χ0v) is 11.7. The molecule has 1 aromatic heterocycles. The fourth-order valence-corrected chi connectivity index (χ4v) is 2.33. The first-order chi connectivity index (χ1) is 8.11. The van der Waals surface area contributed by atoms with E-state index in [-0.39, 0.29) is 5.56 Å². The lowest BCUT2D eigenvalue weighted by atomic mass is 10.1. The van der Waals surface area contributed by atoms with Crippen molar-refractivity contribution in [3.05, 3.63) is 62.5 Å². The van der Waals surface area contributed by atoms with Gasteiger partial charge in [0.2, 0.25) is 0 Å². The van der Waals surface area contributed by atoms with Gasteiger partial charge in [0.25, 0.3) is 0 Å². The fraction of sp³-hybridized carbons (Fsp3) is 0.0833. The lowest BCUT2D eigenvalue weighted by molar-refractivity contribution is 0.209. The van der Waals surface area contributed by atoms with Crippen molar-refractivity contribution in [2.24, 2.45) is 0 Å². The van der Waals surface area contributed by atoms with E-state index in [9.17, 15) is 9.50 Å². The summed E-state index contributed by atoms with van der Waals surface area (Å²) >= 11 is 6.37. The Bertz CT molecular complexity index is 548. The van der Waals surface area contributed by atoms with E-state index in [1.165, 1.54) is 6.07 Å². The Labute approximate surface area is 115 Å². The van der Waals surface area contributed by atoms with Gasteiger partial charge in [0.1, 0.15) is 11.9 Å². The van der Waals surface area contributed by atoms with Crippen molar-refractivity contribution in [2.75, 3.05) is 0 Å². The molecule has 1 N–H and O–H groups in total. The Morgan fingerprint density at radius 3 is 2.53 bits per heavy atom. The molecule has 1 atom stereocenters. The highest BCUT2D eigenvalue weighted by molar-refractivity contribution is 9.10. The van der Waals surface area contributed by atoms with Crippen molar-refractivity contribution >= 4 is 31.9 Å². The molecule has 0 spiro atoms. The molecule has 1 heterocycles. The van der Waals surface area contributed by atoms with Crippen molar-refractivity contribution in [3.8, 4) is 0 Å². The molecule has 5 heteroatoms. The number of aliphatic hydroxyl groups excluding tert-OH is 1.